The van der Waals surface area contributed by atoms with Crippen molar-refractivity contribution in [3.8, 4) is 5.75 Å². The first-order valence-corrected chi connectivity index (χ1v) is 18.6. The number of nitrogens with one attached hydrogen (secondary N) is 2. The Bertz CT molecular complexity index is 1680. The quantitative estimate of drug-likeness (QED) is 0.0350. The molecule has 3 rings (SSSR count). The van der Waals surface area contributed by atoms with Gasteiger partial charge in [-0.1, -0.05) is 41.5 Å². The minimum atomic E-state index is -0.473. The fourth-order valence-electron chi connectivity index (χ4n) is 4.83. The van der Waals surface area contributed by atoms with Gasteiger partial charge in [-0.2, -0.15) is 0 Å². The molecule has 0 fully saturated rings. The standard InChI is InChI=1S/C36H53N11O3S2/c1-35(2,3)22-16-25(38)29(51-11-8-44-33(40)41)27(18-22)46-31(48)20-13-21(15-24(14-20)50-10-7-37)32(49)47-28-19-23(36(4,5)6)17-26(39)30(28)52-12-9-45-34(42)43/h13-19H,7-12,37-39H2,1-6H3,(H,46,48)(H,47,49)(H4,40,41,44)(H4,42,43,45). The average Bonchev–Trinajstić information content (AvgIpc) is 3.04. The smallest absolute Gasteiger partial charge is 0.255 e. The lowest BCUT2D eigenvalue weighted by atomic mass is 9.86. The molecule has 0 aliphatic rings. The van der Waals surface area contributed by atoms with E-state index in [0.29, 0.717) is 62.9 Å². The number of anilines is 4. The van der Waals surface area contributed by atoms with Crippen LogP contribution < -0.4 is 55.5 Å². The van der Waals surface area contributed by atoms with E-state index in [-0.39, 0.29) is 47.0 Å². The maximum atomic E-state index is 14.0. The first-order chi connectivity index (χ1) is 24.3. The number of rotatable bonds is 15. The summed E-state index contributed by atoms with van der Waals surface area (Å²) in [5.74, 6) is 0.365. The molecule has 14 nitrogen and oxygen atoms in total. The molecule has 3 aromatic rings. The van der Waals surface area contributed by atoms with Crippen molar-refractivity contribution in [3.05, 3.63) is 64.7 Å². The number of aliphatic imine (C=N–C) groups is 2. The highest BCUT2D eigenvalue weighted by atomic mass is 32.2. The number of guanidine groups is 2. The van der Waals surface area contributed by atoms with E-state index >= 15 is 0 Å². The van der Waals surface area contributed by atoms with E-state index in [0.717, 1.165) is 11.1 Å². The van der Waals surface area contributed by atoms with Crippen LogP contribution >= 0.6 is 23.5 Å². The highest BCUT2D eigenvalue weighted by Crippen LogP contribution is 2.39. The molecule has 0 aliphatic heterocycles. The molecule has 16 heteroatoms. The zero-order valence-corrected chi connectivity index (χ0v) is 32.4. The van der Waals surface area contributed by atoms with Crippen LogP contribution in [0.15, 0.2) is 62.2 Å². The second-order valence-corrected chi connectivity index (χ2v) is 16.2. The number of benzene rings is 3. The van der Waals surface area contributed by atoms with Gasteiger partial charge >= 0.3 is 0 Å². The minimum Gasteiger partial charge on any atom is -0.492 e. The van der Waals surface area contributed by atoms with Crippen molar-refractivity contribution in [2.45, 2.75) is 62.2 Å². The summed E-state index contributed by atoms with van der Waals surface area (Å²) in [7, 11) is 0. The number of carbonyl (C=O) groups is 2. The first-order valence-electron chi connectivity index (χ1n) is 16.6. The van der Waals surface area contributed by atoms with E-state index in [4.69, 9.17) is 44.9 Å². The van der Waals surface area contributed by atoms with Gasteiger partial charge in [-0.3, -0.25) is 19.6 Å². The SMILES string of the molecule is CC(C)(C)c1cc(N)c(SCCN=C(N)N)c(NC(=O)c2cc(OCCN)cc(C(=O)Nc3cc(C(C)(C)C)cc(N)c3SCCN=C(N)N)c2)c1. The fourth-order valence-corrected chi connectivity index (χ4v) is 6.59. The molecule has 0 radical (unpaired) electrons. The Balaban J connectivity index is 2.04. The van der Waals surface area contributed by atoms with Gasteiger partial charge in [0, 0.05) is 40.6 Å². The second kappa shape index (κ2) is 18.1. The van der Waals surface area contributed by atoms with Gasteiger partial charge in [0.15, 0.2) is 11.9 Å². The maximum absolute atomic E-state index is 14.0. The second-order valence-electron chi connectivity index (χ2n) is 14.0. The third kappa shape index (κ3) is 12.2. The summed E-state index contributed by atoms with van der Waals surface area (Å²) in [5.41, 5.74) is 44.5. The van der Waals surface area contributed by atoms with Crippen LogP contribution in [0, 0.1) is 0 Å². The minimum absolute atomic E-state index is 0.00930. The summed E-state index contributed by atoms with van der Waals surface area (Å²) < 4.78 is 5.82. The molecule has 3 aromatic carbocycles. The van der Waals surface area contributed by atoms with Crippen molar-refractivity contribution in [2.75, 3.05) is 59.8 Å². The van der Waals surface area contributed by atoms with Crippen LogP contribution in [-0.2, 0) is 10.8 Å². The lowest BCUT2D eigenvalue weighted by Gasteiger charge is -2.23. The highest BCUT2D eigenvalue weighted by Gasteiger charge is 2.23. The number of hydrogen-bond acceptors (Lipinski definition) is 10. The molecule has 0 spiro atoms. The summed E-state index contributed by atoms with van der Waals surface area (Å²) in [5, 5.41) is 6.04. The summed E-state index contributed by atoms with van der Waals surface area (Å²) in [6.45, 7) is 13.5. The first kappa shape index (κ1) is 41.6. The van der Waals surface area contributed by atoms with Crippen LogP contribution in [0.1, 0.15) is 73.4 Å². The molecule has 0 heterocycles. The summed E-state index contributed by atoms with van der Waals surface area (Å²) in [4.78, 5) is 37.4. The number of ether oxygens (including phenoxy) is 1. The van der Waals surface area contributed by atoms with Crippen molar-refractivity contribution < 1.29 is 14.3 Å². The van der Waals surface area contributed by atoms with Gasteiger partial charge in [-0.15, -0.1) is 23.5 Å². The van der Waals surface area contributed by atoms with Crippen LogP contribution in [-0.4, -0.2) is 61.5 Å². The Morgan fingerprint density at radius 2 is 1.08 bits per heavy atom. The Morgan fingerprint density at radius 1 is 0.673 bits per heavy atom. The van der Waals surface area contributed by atoms with Gasteiger partial charge in [0.2, 0.25) is 0 Å². The largest absolute Gasteiger partial charge is 0.492 e. The van der Waals surface area contributed by atoms with Crippen LogP contribution in [0.5, 0.6) is 5.75 Å². The van der Waals surface area contributed by atoms with Crippen molar-refractivity contribution in [1.29, 1.82) is 0 Å². The molecule has 0 aliphatic carbocycles. The average molecular weight is 752 g/mol. The molecule has 0 unspecified atom stereocenters. The van der Waals surface area contributed by atoms with Crippen molar-refractivity contribution >= 4 is 70.0 Å². The topological polar surface area (TPSA) is 274 Å². The third-order valence-electron chi connectivity index (χ3n) is 7.55. The lowest BCUT2D eigenvalue weighted by molar-refractivity contribution is 0.102. The summed E-state index contributed by atoms with van der Waals surface area (Å²) in [6.07, 6.45) is 0. The molecule has 0 atom stereocenters. The number of nitrogens with zero attached hydrogens (tertiary/aromatic N) is 2. The molecule has 0 bridgehead atoms. The Morgan fingerprint density at radius 3 is 1.42 bits per heavy atom. The van der Waals surface area contributed by atoms with Crippen LogP contribution in [0.3, 0.4) is 0 Å². The van der Waals surface area contributed by atoms with Crippen molar-refractivity contribution in [1.82, 2.24) is 0 Å². The number of amides is 2. The predicted octanol–water partition coefficient (Wildman–Crippen LogP) is 4.02. The number of nitrogens with two attached hydrogens (primary N) is 7. The van der Waals surface area contributed by atoms with Gasteiger partial charge in [-0.25, -0.2) is 0 Å². The zero-order valence-electron chi connectivity index (χ0n) is 30.8. The third-order valence-corrected chi connectivity index (χ3v) is 9.81. The number of thioether (sulfide) groups is 2. The van der Waals surface area contributed by atoms with E-state index in [1.54, 1.807) is 12.1 Å². The van der Waals surface area contributed by atoms with E-state index in [1.807, 2.05) is 24.3 Å². The molecule has 52 heavy (non-hydrogen) atoms. The molecule has 16 N–H and O–H groups in total. The van der Waals surface area contributed by atoms with E-state index < -0.39 is 11.8 Å². The Kier molecular flexibility index (Phi) is 14.5. The Hall–Kier alpha value is -4.80. The van der Waals surface area contributed by atoms with E-state index in [1.165, 1.54) is 29.6 Å². The van der Waals surface area contributed by atoms with E-state index in [2.05, 4.69) is 62.2 Å². The maximum Gasteiger partial charge on any atom is 0.255 e. The fraction of sp³-hybridized carbons (Fsp3) is 0.389. The molecule has 2 amide bonds. The van der Waals surface area contributed by atoms with Crippen molar-refractivity contribution in [3.63, 3.8) is 0 Å². The Labute approximate surface area is 314 Å². The van der Waals surface area contributed by atoms with Gasteiger partial charge < -0.3 is 55.5 Å². The summed E-state index contributed by atoms with van der Waals surface area (Å²) in [6, 6.07) is 12.2. The lowest BCUT2D eigenvalue weighted by Crippen LogP contribution is -2.23. The molecular formula is C36H53N11O3S2. The van der Waals surface area contributed by atoms with Gasteiger partial charge in [0.05, 0.1) is 34.3 Å². The molecular weight excluding hydrogens is 699 g/mol. The zero-order chi connectivity index (χ0) is 38.8. The molecule has 0 aromatic heterocycles. The van der Waals surface area contributed by atoms with Gasteiger partial charge in [0.1, 0.15) is 12.4 Å². The number of hydrogen-bond donors (Lipinski definition) is 9. The highest BCUT2D eigenvalue weighted by molar-refractivity contribution is 7.99. The molecule has 282 valence electrons. The van der Waals surface area contributed by atoms with Crippen LogP contribution in [0.2, 0.25) is 0 Å². The number of carbonyl (C=O) groups excluding carboxylic acids is 2. The molecule has 0 saturated carbocycles. The van der Waals surface area contributed by atoms with Crippen LogP contribution in [0.4, 0.5) is 22.7 Å². The number of nitrogen functional groups attached to an aromatic ring is 2. The molecule has 0 saturated heterocycles. The van der Waals surface area contributed by atoms with Gasteiger partial charge in [0.25, 0.3) is 11.8 Å². The monoisotopic (exact) mass is 751 g/mol. The van der Waals surface area contributed by atoms with Crippen LogP contribution in [0.25, 0.3) is 0 Å². The normalized spacial score (nSPS) is 11.4. The van der Waals surface area contributed by atoms with E-state index in [9.17, 15) is 9.59 Å². The van der Waals surface area contributed by atoms with Gasteiger partial charge in [-0.05, 0) is 64.4 Å². The van der Waals surface area contributed by atoms with Crippen molar-refractivity contribution in [2.24, 2.45) is 38.7 Å². The summed E-state index contributed by atoms with van der Waals surface area (Å²) >= 11 is 2.83. The predicted molar refractivity (Wildman–Crippen MR) is 219 cm³/mol.